The second kappa shape index (κ2) is 11.8. The third-order valence-electron chi connectivity index (χ3n) is 10.1. The molecule has 3 fully saturated rings. The van der Waals surface area contributed by atoms with E-state index in [2.05, 4.69) is 15.7 Å². The number of likely N-dealkylation sites (tertiary alicyclic amines) is 1. The molecule has 0 spiro atoms. The van der Waals surface area contributed by atoms with Gasteiger partial charge in [0, 0.05) is 32.8 Å². The fourth-order valence-electron chi connectivity index (χ4n) is 7.30. The number of hydrogen-bond donors (Lipinski definition) is 2. The maximum atomic E-state index is 13.6. The number of rotatable bonds is 6. The summed E-state index contributed by atoms with van der Waals surface area (Å²) >= 11 is 6.37. The van der Waals surface area contributed by atoms with E-state index in [0.29, 0.717) is 60.6 Å². The third kappa shape index (κ3) is 5.24. The highest BCUT2D eigenvalue weighted by molar-refractivity contribution is 6.33. The number of amides is 4. The van der Waals surface area contributed by atoms with Crippen LogP contribution >= 0.6 is 11.6 Å². The minimum atomic E-state index is -0.876. The number of benzene rings is 2. The van der Waals surface area contributed by atoms with Gasteiger partial charge in [0.2, 0.25) is 11.8 Å². The Labute approximate surface area is 275 Å². The molecule has 1 unspecified atom stereocenters. The van der Waals surface area contributed by atoms with Gasteiger partial charge in [0.05, 0.1) is 33.5 Å². The van der Waals surface area contributed by atoms with Gasteiger partial charge in [0.25, 0.3) is 11.8 Å². The van der Waals surface area contributed by atoms with Crippen LogP contribution in [0.15, 0.2) is 53.6 Å². The molecule has 13 heteroatoms. The number of piperidine rings is 2. The molecule has 12 nitrogen and oxygen atoms in total. The van der Waals surface area contributed by atoms with Gasteiger partial charge >= 0.3 is 5.69 Å². The molecule has 0 bridgehead atoms. The number of imide groups is 1. The van der Waals surface area contributed by atoms with Crippen molar-refractivity contribution in [2.45, 2.75) is 69.4 Å². The summed E-state index contributed by atoms with van der Waals surface area (Å²) in [5.41, 5.74) is 3.23. The predicted molar refractivity (Wildman–Crippen MR) is 175 cm³/mol. The summed E-state index contributed by atoms with van der Waals surface area (Å²) in [5, 5.41) is 10.3. The molecule has 7 rings (SSSR count). The molecule has 4 heterocycles. The summed E-state index contributed by atoms with van der Waals surface area (Å²) in [4.78, 5) is 66.7. The second-order valence-electron chi connectivity index (χ2n) is 13.0. The number of imidazole rings is 1. The first-order valence-electron chi connectivity index (χ1n) is 16.0. The zero-order valence-corrected chi connectivity index (χ0v) is 27.0. The average molecular weight is 658 g/mol. The van der Waals surface area contributed by atoms with Gasteiger partial charge in [-0.25, -0.2) is 4.79 Å². The van der Waals surface area contributed by atoms with Crippen molar-refractivity contribution in [2.75, 3.05) is 18.4 Å². The molecule has 2 aliphatic heterocycles. The molecule has 4 aromatic rings. The number of aromatic nitrogens is 4. The van der Waals surface area contributed by atoms with Crippen molar-refractivity contribution in [3.63, 3.8) is 0 Å². The van der Waals surface area contributed by atoms with Crippen LogP contribution in [-0.4, -0.2) is 60.5 Å². The van der Waals surface area contributed by atoms with E-state index in [4.69, 9.17) is 11.6 Å². The van der Waals surface area contributed by atoms with E-state index in [1.54, 1.807) is 34.6 Å². The molecular weight excluding hydrogens is 622 g/mol. The lowest BCUT2D eigenvalue weighted by molar-refractivity contribution is -0.135. The highest BCUT2D eigenvalue weighted by Crippen LogP contribution is 2.41. The van der Waals surface area contributed by atoms with E-state index in [9.17, 15) is 24.0 Å². The van der Waals surface area contributed by atoms with Crippen LogP contribution in [0.3, 0.4) is 0 Å². The first-order chi connectivity index (χ1) is 22.6. The van der Waals surface area contributed by atoms with E-state index in [1.807, 2.05) is 36.1 Å². The zero-order valence-electron chi connectivity index (χ0n) is 26.3. The number of carbonyl (C=O) groups excluding carboxylic acids is 4. The Hall–Kier alpha value is -4.71. The van der Waals surface area contributed by atoms with E-state index in [-0.39, 0.29) is 42.2 Å². The lowest BCUT2D eigenvalue weighted by Crippen LogP contribution is -2.51. The van der Waals surface area contributed by atoms with Crippen LogP contribution in [0.5, 0.6) is 0 Å². The number of carbonyl (C=O) groups is 4. The SMILES string of the molecule is Cc1ccc(NC(=O)C2(n3cc(C(=O)N4CCC(c5cccc6c5n(C)c(=O)n6C5CCC(=O)NC5=O)CC4)cn3)CCC2)c(Cl)c1. The largest absolute Gasteiger partial charge is 0.339 e. The minimum absolute atomic E-state index is 0.101. The van der Waals surface area contributed by atoms with Crippen LogP contribution in [0.1, 0.15) is 78.4 Å². The number of para-hydroxylation sites is 1. The second-order valence-corrected chi connectivity index (χ2v) is 13.4. The first kappa shape index (κ1) is 30.9. The Balaban J connectivity index is 1.06. The maximum Gasteiger partial charge on any atom is 0.329 e. The number of halogens is 1. The number of nitrogens with zero attached hydrogens (tertiary/aromatic N) is 5. The molecule has 1 aliphatic carbocycles. The van der Waals surface area contributed by atoms with Crippen LogP contribution in [0.4, 0.5) is 5.69 Å². The van der Waals surface area contributed by atoms with Crippen LogP contribution in [0.2, 0.25) is 5.02 Å². The number of fused-ring (bicyclic) bond motifs is 1. The highest BCUT2D eigenvalue weighted by atomic mass is 35.5. The third-order valence-corrected chi connectivity index (χ3v) is 10.4. The van der Waals surface area contributed by atoms with Crippen molar-refractivity contribution >= 4 is 52.0 Å². The zero-order chi connectivity index (χ0) is 33.0. The van der Waals surface area contributed by atoms with Crippen LogP contribution in [0, 0.1) is 6.92 Å². The van der Waals surface area contributed by atoms with Crippen molar-refractivity contribution < 1.29 is 19.2 Å². The van der Waals surface area contributed by atoms with Gasteiger partial charge in [-0.1, -0.05) is 29.8 Å². The van der Waals surface area contributed by atoms with Crippen molar-refractivity contribution in [2.24, 2.45) is 7.05 Å². The van der Waals surface area contributed by atoms with Gasteiger partial charge in [-0.05, 0) is 80.7 Å². The molecule has 47 heavy (non-hydrogen) atoms. The maximum absolute atomic E-state index is 13.6. The first-order valence-corrected chi connectivity index (χ1v) is 16.4. The number of hydrogen-bond acceptors (Lipinski definition) is 6. The van der Waals surface area contributed by atoms with Crippen molar-refractivity contribution in [3.8, 4) is 0 Å². The van der Waals surface area contributed by atoms with Crippen molar-refractivity contribution in [3.05, 3.63) is 81.0 Å². The van der Waals surface area contributed by atoms with Crippen LogP contribution in [0.25, 0.3) is 11.0 Å². The van der Waals surface area contributed by atoms with Gasteiger partial charge in [0.15, 0.2) is 0 Å². The van der Waals surface area contributed by atoms with Gasteiger partial charge in [0.1, 0.15) is 11.6 Å². The number of anilines is 1. The Morgan fingerprint density at radius 3 is 2.51 bits per heavy atom. The van der Waals surface area contributed by atoms with Crippen molar-refractivity contribution in [1.29, 1.82) is 0 Å². The summed E-state index contributed by atoms with van der Waals surface area (Å²) in [6.07, 6.45) is 7.16. The number of nitrogens with one attached hydrogen (secondary N) is 2. The fourth-order valence-corrected chi connectivity index (χ4v) is 7.59. The topological polar surface area (TPSA) is 140 Å². The van der Waals surface area contributed by atoms with Gasteiger partial charge in [-0.3, -0.25) is 38.3 Å². The monoisotopic (exact) mass is 657 g/mol. The summed E-state index contributed by atoms with van der Waals surface area (Å²) in [5.74, 6) is -1.03. The van der Waals surface area contributed by atoms with Crippen molar-refractivity contribution in [1.82, 2.24) is 29.1 Å². The molecule has 244 valence electrons. The quantitative estimate of drug-likeness (QED) is 0.300. The summed E-state index contributed by atoms with van der Waals surface area (Å²) in [6, 6.07) is 10.5. The highest BCUT2D eigenvalue weighted by Gasteiger charge is 2.47. The molecule has 2 saturated heterocycles. The van der Waals surface area contributed by atoms with Crippen LogP contribution < -0.4 is 16.3 Å². The Morgan fingerprint density at radius 1 is 1.06 bits per heavy atom. The van der Waals surface area contributed by atoms with Gasteiger partial charge in [-0.2, -0.15) is 5.10 Å². The molecule has 0 radical (unpaired) electrons. The molecule has 4 amide bonds. The summed E-state index contributed by atoms with van der Waals surface area (Å²) in [7, 11) is 1.71. The van der Waals surface area contributed by atoms with E-state index in [0.717, 1.165) is 23.1 Å². The molecule has 1 atom stereocenters. The molecule has 2 aromatic carbocycles. The molecule has 2 N–H and O–H groups in total. The van der Waals surface area contributed by atoms with Crippen LogP contribution in [-0.2, 0) is 27.0 Å². The Bertz CT molecular complexity index is 2000. The lowest BCUT2D eigenvalue weighted by atomic mass is 9.76. The average Bonchev–Trinajstić information content (AvgIpc) is 3.61. The molecular formula is C34H36ClN7O5. The standard InChI is InChI=1S/C34H36ClN7O5/c1-20-7-8-25(24(35)17-20)37-32(46)34(13-4-14-34)41-19-22(18-36-41)31(45)40-15-11-21(12-16-40)23-5-3-6-26-29(23)39(2)33(47)42(26)27-9-10-28(43)38-30(27)44/h3,5-8,17-19,21,27H,4,9-16H2,1-2H3,(H,37,46)(H,38,43,44). The minimum Gasteiger partial charge on any atom is -0.339 e. The molecule has 2 aromatic heterocycles. The normalized spacial score (nSPS) is 19.8. The predicted octanol–water partition coefficient (Wildman–Crippen LogP) is 4.01. The lowest BCUT2D eigenvalue weighted by Gasteiger charge is -2.40. The number of aryl methyl sites for hydroxylation is 2. The fraction of sp³-hybridized carbons (Fsp3) is 0.412. The Kier molecular flexibility index (Phi) is 7.78. The Morgan fingerprint density at radius 2 is 1.83 bits per heavy atom. The smallest absolute Gasteiger partial charge is 0.329 e. The van der Waals surface area contributed by atoms with E-state index >= 15 is 0 Å². The van der Waals surface area contributed by atoms with E-state index < -0.39 is 17.5 Å². The summed E-state index contributed by atoms with van der Waals surface area (Å²) < 4.78 is 4.71. The van der Waals surface area contributed by atoms with Gasteiger partial charge < -0.3 is 10.2 Å². The van der Waals surface area contributed by atoms with Gasteiger partial charge in [-0.15, -0.1) is 0 Å². The molecule has 1 saturated carbocycles. The molecule has 3 aliphatic rings. The van der Waals surface area contributed by atoms with E-state index in [1.165, 1.54) is 10.8 Å². The summed E-state index contributed by atoms with van der Waals surface area (Å²) in [6.45, 7) is 2.97.